The van der Waals surface area contributed by atoms with Crippen molar-refractivity contribution < 1.29 is 38.2 Å². The van der Waals surface area contributed by atoms with Gasteiger partial charge in [0.1, 0.15) is 19.3 Å². The third-order valence-electron chi connectivity index (χ3n) is 8.48. The molecule has 0 spiro atoms. The van der Waals surface area contributed by atoms with Gasteiger partial charge in [-0.3, -0.25) is 14.4 Å². The Balaban J connectivity index is 3.97. The summed E-state index contributed by atoms with van der Waals surface area (Å²) in [5, 5.41) is 16.7. The second kappa shape index (κ2) is 30.6. The molecule has 2 atom stereocenters. The van der Waals surface area contributed by atoms with Gasteiger partial charge in [-0.05, 0) is 51.4 Å². The fraction of sp³-hybridized carbons (Fsp3) is 0.842. The average molecular weight is 683 g/mol. The quantitative estimate of drug-likeness (QED) is 0.0318. The smallest absolute Gasteiger partial charge is 0.362 e. The van der Waals surface area contributed by atoms with Crippen LogP contribution in [0, 0.1) is 0 Å². The maximum Gasteiger partial charge on any atom is 0.362 e. The lowest BCUT2D eigenvalue weighted by Crippen LogP contribution is -2.47. The van der Waals surface area contributed by atoms with Crippen LogP contribution in [0.5, 0.6) is 0 Å². The lowest BCUT2D eigenvalue weighted by molar-refractivity contribution is -0.883. The summed E-state index contributed by atoms with van der Waals surface area (Å²) in [4.78, 5) is 46.7. The molecule has 2 amide bonds. The molecule has 0 fully saturated rings. The summed E-state index contributed by atoms with van der Waals surface area (Å²) in [7, 11) is 3.78. The number of rotatable bonds is 32. The molecule has 0 saturated carbocycles. The molecular formula is C38H72N3O7+. The van der Waals surface area contributed by atoms with Crippen LogP contribution in [-0.4, -0.2) is 92.4 Å². The third kappa shape index (κ3) is 30.8. The number of hydrogen-bond donors (Lipinski definition) is 3. The van der Waals surface area contributed by atoms with Crippen LogP contribution >= 0.6 is 0 Å². The van der Waals surface area contributed by atoms with Crippen LogP contribution in [0.1, 0.15) is 149 Å². The van der Waals surface area contributed by atoms with E-state index in [-0.39, 0.29) is 36.9 Å². The van der Waals surface area contributed by atoms with E-state index in [4.69, 9.17) is 9.47 Å². The van der Waals surface area contributed by atoms with Crippen molar-refractivity contribution in [3.05, 3.63) is 12.2 Å². The van der Waals surface area contributed by atoms with Gasteiger partial charge < -0.3 is 29.7 Å². The summed E-state index contributed by atoms with van der Waals surface area (Å²) in [6, 6.07) is 0. The largest absolute Gasteiger partial charge is 0.460 e. The zero-order valence-electron chi connectivity index (χ0n) is 31.3. The number of unbranched alkanes of at least 4 members (excludes halogenated alkanes) is 14. The van der Waals surface area contributed by atoms with E-state index in [2.05, 4.69) is 23.6 Å². The summed E-state index contributed by atoms with van der Waals surface area (Å²) in [6.45, 7) is 7.49. The third-order valence-corrected chi connectivity index (χ3v) is 8.48. The van der Waals surface area contributed by atoms with Gasteiger partial charge in [0.15, 0.2) is 6.54 Å². The molecule has 3 N–H and O–H groups in total. The molecule has 0 aliphatic rings. The molecule has 10 heteroatoms. The number of likely N-dealkylation sites (N-methyl/N-ethyl adjacent to an activating group) is 1. The summed E-state index contributed by atoms with van der Waals surface area (Å²) >= 11 is 0. The lowest BCUT2D eigenvalue weighted by atomic mass is 10.0. The number of ether oxygens (including phenoxy) is 2. The van der Waals surface area contributed by atoms with Gasteiger partial charge in [-0.1, -0.05) is 89.7 Å². The SMILES string of the molecule is CCCCCC(OC(=O)C[N+](C)(C)CCOC(C)=O)C(O)C/C=C\CCCCCCCC(=O)NCCCCCCCCCCNC(C)=O. The van der Waals surface area contributed by atoms with Crippen molar-refractivity contribution in [3.63, 3.8) is 0 Å². The lowest BCUT2D eigenvalue weighted by Gasteiger charge is -2.30. The Bertz CT molecular complexity index is 878. The van der Waals surface area contributed by atoms with E-state index in [9.17, 15) is 24.3 Å². The average Bonchev–Trinajstić information content (AvgIpc) is 3.01. The molecule has 0 saturated heterocycles. The first-order valence-corrected chi connectivity index (χ1v) is 19.0. The summed E-state index contributed by atoms with van der Waals surface area (Å²) < 4.78 is 11.1. The molecule has 280 valence electrons. The van der Waals surface area contributed by atoms with Crippen LogP contribution in [0.3, 0.4) is 0 Å². The number of allylic oxidation sites excluding steroid dienone is 1. The van der Waals surface area contributed by atoms with Crippen molar-refractivity contribution in [1.29, 1.82) is 0 Å². The van der Waals surface area contributed by atoms with Gasteiger partial charge in [0.25, 0.3) is 0 Å². The molecule has 48 heavy (non-hydrogen) atoms. The van der Waals surface area contributed by atoms with Crippen LogP contribution in [0.4, 0.5) is 0 Å². The number of aliphatic hydroxyl groups is 1. The first-order valence-electron chi connectivity index (χ1n) is 19.0. The number of quaternary nitrogens is 1. The van der Waals surface area contributed by atoms with Gasteiger partial charge in [-0.2, -0.15) is 0 Å². The van der Waals surface area contributed by atoms with Gasteiger partial charge in [-0.25, -0.2) is 4.79 Å². The van der Waals surface area contributed by atoms with Gasteiger partial charge >= 0.3 is 11.9 Å². The first kappa shape index (κ1) is 45.5. The molecule has 0 rings (SSSR count). The van der Waals surface area contributed by atoms with Crippen molar-refractivity contribution >= 4 is 23.8 Å². The van der Waals surface area contributed by atoms with Gasteiger partial charge in [0.2, 0.25) is 11.8 Å². The standard InChI is InChI=1S/C38H71N3O7/c1-6-7-20-26-36(48-38(46)32-41(4,5)30-31-47-34(3)43)35(44)25-21-16-12-8-9-13-17-22-27-37(45)40-29-24-19-15-11-10-14-18-23-28-39-33(2)42/h16,21,35-36,44H,6-15,17-20,22-32H2,1-5H3,(H-,39,40,42,45)/p+1/b21-16-. The molecule has 10 nitrogen and oxygen atoms in total. The van der Waals surface area contributed by atoms with Crippen LogP contribution in [0.25, 0.3) is 0 Å². The molecule has 2 unspecified atom stereocenters. The van der Waals surface area contributed by atoms with Crippen LogP contribution in [0.2, 0.25) is 0 Å². The van der Waals surface area contributed by atoms with Crippen molar-refractivity contribution in [3.8, 4) is 0 Å². The van der Waals surface area contributed by atoms with Crippen LogP contribution in [-0.2, 0) is 28.7 Å². The van der Waals surface area contributed by atoms with E-state index in [1.165, 1.54) is 39.0 Å². The molecule has 0 aliphatic carbocycles. The molecule has 0 heterocycles. The van der Waals surface area contributed by atoms with Gasteiger partial charge in [0.05, 0.1) is 20.2 Å². The summed E-state index contributed by atoms with van der Waals surface area (Å²) in [5.74, 6) is -0.478. The van der Waals surface area contributed by atoms with Crippen LogP contribution in [0.15, 0.2) is 12.2 Å². The molecular weight excluding hydrogens is 610 g/mol. The molecule has 0 bridgehead atoms. The van der Waals surface area contributed by atoms with E-state index in [0.717, 1.165) is 90.1 Å². The number of aliphatic hydroxyl groups excluding tert-OH is 1. The number of esters is 2. The van der Waals surface area contributed by atoms with E-state index in [1.807, 2.05) is 20.2 Å². The number of amides is 2. The highest BCUT2D eigenvalue weighted by Crippen LogP contribution is 2.16. The Kier molecular flexibility index (Phi) is 29.0. The number of carbonyl (C=O) groups is 4. The molecule has 0 aromatic rings. The minimum absolute atomic E-state index is 0.0482. The summed E-state index contributed by atoms with van der Waals surface area (Å²) in [6.07, 6.45) is 23.1. The molecule has 0 radical (unpaired) electrons. The zero-order chi connectivity index (χ0) is 35.9. The Morgan fingerprint density at radius 3 is 1.94 bits per heavy atom. The highest BCUT2D eigenvalue weighted by atomic mass is 16.6. The number of hydrogen-bond acceptors (Lipinski definition) is 7. The molecule has 0 aliphatic heterocycles. The Hall–Kier alpha value is -2.46. The predicted molar refractivity (Wildman–Crippen MR) is 193 cm³/mol. The van der Waals surface area contributed by atoms with E-state index in [1.54, 1.807) is 6.92 Å². The highest BCUT2D eigenvalue weighted by Gasteiger charge is 2.27. The van der Waals surface area contributed by atoms with E-state index >= 15 is 0 Å². The van der Waals surface area contributed by atoms with Crippen molar-refractivity contribution in [2.45, 2.75) is 161 Å². The maximum absolute atomic E-state index is 12.7. The first-order chi connectivity index (χ1) is 23.0. The fourth-order valence-corrected chi connectivity index (χ4v) is 5.47. The molecule has 0 aromatic heterocycles. The zero-order valence-corrected chi connectivity index (χ0v) is 31.3. The maximum atomic E-state index is 12.7. The van der Waals surface area contributed by atoms with Crippen molar-refractivity contribution in [2.75, 3.05) is 46.9 Å². The van der Waals surface area contributed by atoms with Gasteiger partial charge in [-0.15, -0.1) is 0 Å². The molecule has 0 aromatic carbocycles. The minimum atomic E-state index is -0.742. The second-order valence-corrected chi connectivity index (χ2v) is 13.9. The fourth-order valence-electron chi connectivity index (χ4n) is 5.47. The van der Waals surface area contributed by atoms with E-state index < -0.39 is 12.2 Å². The van der Waals surface area contributed by atoms with Crippen molar-refractivity contribution in [1.82, 2.24) is 10.6 Å². The van der Waals surface area contributed by atoms with Gasteiger partial charge in [0, 0.05) is 33.4 Å². The number of nitrogens with zero attached hydrogens (tertiary/aromatic N) is 1. The summed E-state index contributed by atoms with van der Waals surface area (Å²) in [5.41, 5.74) is 0. The second-order valence-electron chi connectivity index (χ2n) is 13.9. The predicted octanol–water partition coefficient (Wildman–Crippen LogP) is 6.53. The Morgan fingerprint density at radius 1 is 0.750 bits per heavy atom. The van der Waals surface area contributed by atoms with Crippen LogP contribution < -0.4 is 10.6 Å². The monoisotopic (exact) mass is 683 g/mol. The normalized spacial score (nSPS) is 12.9. The van der Waals surface area contributed by atoms with Crippen molar-refractivity contribution in [2.24, 2.45) is 0 Å². The van der Waals surface area contributed by atoms with E-state index in [0.29, 0.717) is 30.3 Å². The minimum Gasteiger partial charge on any atom is -0.460 e. The highest BCUT2D eigenvalue weighted by molar-refractivity contribution is 5.75. The Labute approximate surface area is 292 Å². The number of carbonyl (C=O) groups excluding carboxylic acids is 4. The number of nitrogens with one attached hydrogen (secondary N) is 2. The Morgan fingerprint density at radius 2 is 1.33 bits per heavy atom. The topological polar surface area (TPSA) is 131 Å².